The third-order valence-electron chi connectivity index (χ3n) is 5.51. The standard InChI is InChI=1S/C28H30N2O6/c1-34-23-15-13-21(14-16-23)18-25(27(32)35-2)29-26(31)24(17-20-9-5-3-6-10-20)30-28(33)36-19-22-11-7-4-8-12-22/h3-16,24-25H,17-19H2,1-2H3,(H,29,31)(H,30,33)/t24-,25+/m1/s1. The van der Waals surface area contributed by atoms with Crippen LogP contribution in [0.15, 0.2) is 84.9 Å². The molecule has 0 heterocycles. The highest BCUT2D eigenvalue weighted by atomic mass is 16.5. The number of nitrogens with one attached hydrogen (secondary N) is 2. The van der Waals surface area contributed by atoms with Crippen molar-refractivity contribution >= 4 is 18.0 Å². The maximum absolute atomic E-state index is 13.3. The maximum atomic E-state index is 13.3. The van der Waals surface area contributed by atoms with Crippen LogP contribution in [0.25, 0.3) is 0 Å². The number of methoxy groups -OCH3 is 2. The lowest BCUT2D eigenvalue weighted by Crippen LogP contribution is -2.53. The van der Waals surface area contributed by atoms with Gasteiger partial charge in [0.25, 0.3) is 0 Å². The largest absolute Gasteiger partial charge is 0.497 e. The first-order valence-corrected chi connectivity index (χ1v) is 11.5. The molecule has 0 fully saturated rings. The summed E-state index contributed by atoms with van der Waals surface area (Å²) in [6.45, 7) is 0.0641. The summed E-state index contributed by atoms with van der Waals surface area (Å²) in [4.78, 5) is 38.3. The molecule has 2 atom stereocenters. The van der Waals surface area contributed by atoms with Crippen LogP contribution in [0.2, 0.25) is 0 Å². The van der Waals surface area contributed by atoms with Crippen molar-refractivity contribution in [2.24, 2.45) is 0 Å². The quantitative estimate of drug-likeness (QED) is 0.399. The van der Waals surface area contributed by atoms with Crippen molar-refractivity contribution < 1.29 is 28.6 Å². The number of rotatable bonds is 11. The molecule has 0 saturated heterocycles. The van der Waals surface area contributed by atoms with Crippen molar-refractivity contribution in [3.63, 3.8) is 0 Å². The van der Waals surface area contributed by atoms with Gasteiger partial charge in [0.15, 0.2) is 0 Å². The van der Waals surface area contributed by atoms with Crippen LogP contribution in [0, 0.1) is 0 Å². The fraction of sp³-hybridized carbons (Fsp3) is 0.250. The Balaban J connectivity index is 1.71. The van der Waals surface area contributed by atoms with E-state index in [-0.39, 0.29) is 19.4 Å². The van der Waals surface area contributed by atoms with Crippen LogP contribution in [0.1, 0.15) is 16.7 Å². The molecular formula is C28H30N2O6. The topological polar surface area (TPSA) is 103 Å². The lowest BCUT2D eigenvalue weighted by molar-refractivity contribution is -0.145. The van der Waals surface area contributed by atoms with Crippen molar-refractivity contribution in [2.45, 2.75) is 31.5 Å². The summed E-state index contributed by atoms with van der Waals surface area (Å²) in [6.07, 6.45) is -0.317. The molecule has 0 aromatic heterocycles. The number of benzene rings is 3. The van der Waals surface area contributed by atoms with E-state index in [0.717, 1.165) is 16.7 Å². The van der Waals surface area contributed by atoms with E-state index in [4.69, 9.17) is 14.2 Å². The number of alkyl carbamates (subject to hydrolysis) is 1. The number of carbonyl (C=O) groups is 3. The van der Waals surface area contributed by atoms with Gasteiger partial charge in [-0.15, -0.1) is 0 Å². The van der Waals surface area contributed by atoms with Crippen LogP contribution in [-0.4, -0.2) is 44.3 Å². The highest BCUT2D eigenvalue weighted by molar-refractivity contribution is 5.90. The van der Waals surface area contributed by atoms with Gasteiger partial charge in [0.2, 0.25) is 5.91 Å². The van der Waals surface area contributed by atoms with Gasteiger partial charge >= 0.3 is 12.1 Å². The molecule has 8 nitrogen and oxygen atoms in total. The molecule has 0 aliphatic carbocycles. The zero-order valence-electron chi connectivity index (χ0n) is 20.3. The van der Waals surface area contributed by atoms with Crippen LogP contribution in [0.5, 0.6) is 5.75 Å². The molecule has 0 unspecified atom stereocenters. The SMILES string of the molecule is COC(=O)[C@H](Cc1ccc(OC)cc1)NC(=O)[C@@H](Cc1ccccc1)NC(=O)OCc1ccccc1. The molecule has 188 valence electrons. The van der Waals surface area contributed by atoms with E-state index in [2.05, 4.69) is 10.6 Å². The van der Waals surface area contributed by atoms with Crippen molar-refractivity contribution in [1.82, 2.24) is 10.6 Å². The fourth-order valence-electron chi connectivity index (χ4n) is 3.57. The monoisotopic (exact) mass is 490 g/mol. The second-order valence-electron chi connectivity index (χ2n) is 8.08. The minimum Gasteiger partial charge on any atom is -0.497 e. The van der Waals surface area contributed by atoms with E-state index in [1.54, 1.807) is 19.2 Å². The van der Waals surface area contributed by atoms with Gasteiger partial charge in [-0.3, -0.25) is 4.79 Å². The van der Waals surface area contributed by atoms with Gasteiger partial charge < -0.3 is 24.8 Å². The number of carbonyl (C=O) groups excluding carboxylic acids is 3. The Kier molecular flexibility index (Phi) is 9.88. The number of hydrogen-bond donors (Lipinski definition) is 2. The van der Waals surface area contributed by atoms with Crippen LogP contribution < -0.4 is 15.4 Å². The first-order valence-electron chi connectivity index (χ1n) is 11.5. The molecular weight excluding hydrogens is 460 g/mol. The molecule has 3 aromatic carbocycles. The summed E-state index contributed by atoms with van der Waals surface area (Å²) in [5, 5.41) is 5.36. The van der Waals surface area contributed by atoms with E-state index >= 15 is 0 Å². The van der Waals surface area contributed by atoms with E-state index in [1.807, 2.05) is 72.8 Å². The molecule has 0 saturated carbocycles. The molecule has 0 radical (unpaired) electrons. The second-order valence-corrected chi connectivity index (χ2v) is 8.08. The summed E-state index contributed by atoms with van der Waals surface area (Å²) in [5.74, 6) is -0.442. The van der Waals surface area contributed by atoms with E-state index < -0.39 is 30.1 Å². The smallest absolute Gasteiger partial charge is 0.408 e. The van der Waals surface area contributed by atoms with Gasteiger partial charge in [-0.1, -0.05) is 72.8 Å². The molecule has 2 amide bonds. The third-order valence-corrected chi connectivity index (χ3v) is 5.51. The van der Waals surface area contributed by atoms with Crippen LogP contribution >= 0.6 is 0 Å². The van der Waals surface area contributed by atoms with Crippen molar-refractivity contribution in [3.8, 4) is 5.75 Å². The highest BCUT2D eigenvalue weighted by Crippen LogP contribution is 2.14. The zero-order chi connectivity index (χ0) is 25.8. The minimum absolute atomic E-state index is 0.0641. The number of ether oxygens (including phenoxy) is 3. The van der Waals surface area contributed by atoms with Gasteiger partial charge in [0, 0.05) is 12.8 Å². The predicted molar refractivity (Wildman–Crippen MR) is 134 cm³/mol. The van der Waals surface area contributed by atoms with Crippen molar-refractivity contribution in [2.75, 3.05) is 14.2 Å². The van der Waals surface area contributed by atoms with E-state index in [0.29, 0.717) is 5.75 Å². The Bertz CT molecular complexity index is 1120. The molecule has 3 aromatic rings. The normalized spacial score (nSPS) is 12.1. The third kappa shape index (κ3) is 8.16. The predicted octanol–water partition coefficient (Wildman–Crippen LogP) is 3.43. The summed E-state index contributed by atoms with van der Waals surface area (Å²) in [6, 6.07) is 23.7. The summed E-state index contributed by atoms with van der Waals surface area (Å²) < 4.78 is 15.4. The van der Waals surface area contributed by atoms with Crippen molar-refractivity contribution in [3.05, 3.63) is 102 Å². The molecule has 0 bridgehead atoms. The molecule has 0 aliphatic rings. The Morgan fingerprint density at radius 3 is 1.83 bits per heavy atom. The van der Waals surface area contributed by atoms with Gasteiger partial charge in [-0.05, 0) is 28.8 Å². The van der Waals surface area contributed by atoms with Crippen molar-refractivity contribution in [1.29, 1.82) is 0 Å². The van der Waals surface area contributed by atoms with E-state index in [1.165, 1.54) is 7.11 Å². The van der Waals surface area contributed by atoms with Gasteiger partial charge in [-0.2, -0.15) is 0 Å². The molecule has 3 rings (SSSR count). The highest BCUT2D eigenvalue weighted by Gasteiger charge is 2.28. The lowest BCUT2D eigenvalue weighted by Gasteiger charge is -2.22. The molecule has 2 N–H and O–H groups in total. The van der Waals surface area contributed by atoms with Gasteiger partial charge in [0.05, 0.1) is 14.2 Å². The summed E-state index contributed by atoms with van der Waals surface area (Å²) in [5.41, 5.74) is 2.47. The Labute approximate surface area is 210 Å². The van der Waals surface area contributed by atoms with Crippen LogP contribution in [-0.2, 0) is 38.5 Å². The number of amides is 2. The van der Waals surface area contributed by atoms with Crippen LogP contribution in [0.3, 0.4) is 0 Å². The lowest BCUT2D eigenvalue weighted by atomic mass is 10.0. The molecule has 36 heavy (non-hydrogen) atoms. The minimum atomic E-state index is -0.973. The fourth-order valence-corrected chi connectivity index (χ4v) is 3.57. The van der Waals surface area contributed by atoms with Crippen LogP contribution in [0.4, 0.5) is 4.79 Å². The number of hydrogen-bond acceptors (Lipinski definition) is 6. The zero-order valence-corrected chi connectivity index (χ0v) is 20.3. The Morgan fingerprint density at radius 1 is 0.694 bits per heavy atom. The Morgan fingerprint density at radius 2 is 1.25 bits per heavy atom. The average Bonchev–Trinajstić information content (AvgIpc) is 2.92. The maximum Gasteiger partial charge on any atom is 0.408 e. The molecule has 8 heteroatoms. The second kappa shape index (κ2) is 13.5. The first-order chi connectivity index (χ1) is 17.5. The first kappa shape index (κ1) is 26.3. The average molecular weight is 491 g/mol. The summed E-state index contributed by atoms with van der Waals surface area (Å²) >= 11 is 0. The van der Waals surface area contributed by atoms with E-state index in [9.17, 15) is 14.4 Å². The van der Waals surface area contributed by atoms with Gasteiger partial charge in [0.1, 0.15) is 24.4 Å². The summed E-state index contributed by atoms with van der Waals surface area (Å²) in [7, 11) is 2.83. The molecule has 0 aliphatic heterocycles. The Hall–Kier alpha value is -4.33. The molecule has 0 spiro atoms. The van der Waals surface area contributed by atoms with Gasteiger partial charge in [-0.25, -0.2) is 9.59 Å². The number of esters is 1.